The summed E-state index contributed by atoms with van der Waals surface area (Å²) in [5.41, 5.74) is -0.422. The number of alkyl halides is 3. The lowest BCUT2D eigenvalue weighted by molar-refractivity contribution is -0.137. The summed E-state index contributed by atoms with van der Waals surface area (Å²) in [6.07, 6.45) is -1.66. The number of nitrogens with zero attached hydrogens (tertiary/aromatic N) is 1. The lowest BCUT2D eigenvalue weighted by atomic mass is 10.00. The zero-order chi connectivity index (χ0) is 12.5. The van der Waals surface area contributed by atoms with Crippen molar-refractivity contribution in [2.75, 3.05) is 0 Å². The van der Waals surface area contributed by atoms with Crippen molar-refractivity contribution >= 4 is 0 Å². The van der Waals surface area contributed by atoms with E-state index < -0.39 is 17.5 Å². The molecule has 1 N–H and O–H groups in total. The van der Waals surface area contributed by atoms with Crippen molar-refractivity contribution in [1.82, 2.24) is 4.98 Å². The summed E-state index contributed by atoms with van der Waals surface area (Å²) in [6.45, 7) is 0. The molecule has 2 rings (SSSR count). The maximum Gasteiger partial charge on any atom is 0.417 e. The van der Waals surface area contributed by atoms with Crippen LogP contribution in [-0.2, 0) is 6.18 Å². The van der Waals surface area contributed by atoms with Crippen LogP contribution in [-0.4, -0.2) is 10.1 Å². The largest absolute Gasteiger partial charge is 0.508 e. The van der Waals surface area contributed by atoms with Gasteiger partial charge in [0.1, 0.15) is 5.75 Å². The molecule has 1 heterocycles. The Morgan fingerprint density at radius 3 is 2.24 bits per heavy atom. The van der Waals surface area contributed by atoms with E-state index in [-0.39, 0.29) is 5.56 Å². The minimum atomic E-state index is -4.50. The summed E-state index contributed by atoms with van der Waals surface area (Å²) < 4.78 is 38.4. The van der Waals surface area contributed by atoms with E-state index in [9.17, 15) is 13.2 Å². The molecule has 2 aromatic rings. The quantitative estimate of drug-likeness (QED) is 0.826. The predicted molar refractivity (Wildman–Crippen MR) is 56.3 cm³/mol. The van der Waals surface area contributed by atoms with Gasteiger partial charge in [0.25, 0.3) is 0 Å². The van der Waals surface area contributed by atoms with Crippen LogP contribution >= 0.6 is 0 Å². The second-order valence-electron chi connectivity index (χ2n) is 3.46. The highest BCUT2D eigenvalue weighted by Crippen LogP contribution is 2.38. The van der Waals surface area contributed by atoms with E-state index in [1.54, 1.807) is 0 Å². The van der Waals surface area contributed by atoms with Crippen LogP contribution in [0.2, 0.25) is 0 Å². The molecule has 0 aliphatic carbocycles. The number of hydrogen-bond acceptors (Lipinski definition) is 2. The number of benzene rings is 1. The van der Waals surface area contributed by atoms with Gasteiger partial charge in [0.2, 0.25) is 0 Å². The van der Waals surface area contributed by atoms with Gasteiger partial charge in [0, 0.05) is 12.4 Å². The van der Waals surface area contributed by atoms with E-state index in [2.05, 4.69) is 4.98 Å². The van der Waals surface area contributed by atoms with Gasteiger partial charge < -0.3 is 5.11 Å². The molecule has 17 heavy (non-hydrogen) atoms. The van der Waals surface area contributed by atoms with Crippen molar-refractivity contribution in [3.05, 3.63) is 48.3 Å². The highest BCUT2D eigenvalue weighted by Gasteiger charge is 2.34. The Bertz CT molecular complexity index is 523. The highest BCUT2D eigenvalue weighted by molar-refractivity contribution is 5.68. The third-order valence-electron chi connectivity index (χ3n) is 2.30. The maximum absolute atomic E-state index is 12.8. The van der Waals surface area contributed by atoms with Crippen molar-refractivity contribution in [1.29, 1.82) is 0 Å². The summed E-state index contributed by atoms with van der Waals surface area (Å²) in [4.78, 5) is 3.75. The average molecular weight is 239 g/mol. The minimum absolute atomic E-state index is 0.0256. The molecule has 0 atom stereocenters. The lowest BCUT2D eigenvalue weighted by Gasteiger charge is -2.13. The number of hydrogen-bond donors (Lipinski definition) is 1. The van der Waals surface area contributed by atoms with E-state index in [1.807, 2.05) is 0 Å². The molecule has 0 amide bonds. The maximum atomic E-state index is 12.8. The fraction of sp³-hybridized carbons (Fsp3) is 0.0833. The number of phenols is 1. The van der Waals surface area contributed by atoms with Gasteiger partial charge in [-0.3, -0.25) is 4.98 Å². The van der Waals surface area contributed by atoms with Crippen LogP contribution in [0.4, 0.5) is 13.2 Å². The van der Waals surface area contributed by atoms with Crippen molar-refractivity contribution < 1.29 is 18.3 Å². The molecule has 1 aromatic carbocycles. The first-order chi connectivity index (χ1) is 7.98. The standard InChI is InChI=1S/C12H8F3NO/c13-12(14,15)11-7-9(17)1-2-10(11)8-3-5-16-6-4-8/h1-7,17H. The van der Waals surface area contributed by atoms with Crippen LogP contribution in [0.3, 0.4) is 0 Å². The van der Waals surface area contributed by atoms with Gasteiger partial charge in [-0.15, -0.1) is 0 Å². The van der Waals surface area contributed by atoms with E-state index >= 15 is 0 Å². The molecule has 0 bridgehead atoms. The van der Waals surface area contributed by atoms with Gasteiger partial charge in [-0.1, -0.05) is 6.07 Å². The first kappa shape index (κ1) is 11.4. The topological polar surface area (TPSA) is 33.1 Å². The van der Waals surface area contributed by atoms with Gasteiger partial charge in [-0.2, -0.15) is 13.2 Å². The predicted octanol–water partition coefficient (Wildman–Crippen LogP) is 3.47. The van der Waals surface area contributed by atoms with Crippen LogP contribution in [0.1, 0.15) is 5.56 Å². The molecule has 0 saturated carbocycles. The molecule has 1 aromatic heterocycles. The Balaban J connectivity index is 2.63. The molecule has 0 spiro atoms. The van der Waals surface area contributed by atoms with Gasteiger partial charge in [0.05, 0.1) is 5.56 Å². The van der Waals surface area contributed by atoms with Crippen LogP contribution in [0.25, 0.3) is 11.1 Å². The summed E-state index contributed by atoms with van der Waals surface area (Å²) in [7, 11) is 0. The van der Waals surface area contributed by atoms with E-state index in [1.165, 1.54) is 36.7 Å². The lowest BCUT2D eigenvalue weighted by Crippen LogP contribution is -2.06. The van der Waals surface area contributed by atoms with Crippen LogP contribution in [0.15, 0.2) is 42.7 Å². The normalized spacial score (nSPS) is 11.5. The Kier molecular flexibility index (Phi) is 2.75. The molecular formula is C12H8F3NO. The zero-order valence-electron chi connectivity index (χ0n) is 8.57. The monoisotopic (exact) mass is 239 g/mol. The van der Waals surface area contributed by atoms with Crippen molar-refractivity contribution in [2.45, 2.75) is 6.18 Å². The Morgan fingerprint density at radius 2 is 1.65 bits per heavy atom. The van der Waals surface area contributed by atoms with Gasteiger partial charge in [-0.05, 0) is 35.4 Å². The third-order valence-corrected chi connectivity index (χ3v) is 2.30. The second kappa shape index (κ2) is 4.08. The summed E-state index contributed by atoms with van der Waals surface area (Å²) >= 11 is 0. The summed E-state index contributed by atoms with van der Waals surface area (Å²) in [5.74, 6) is -0.407. The number of rotatable bonds is 1. The van der Waals surface area contributed by atoms with E-state index in [0.29, 0.717) is 5.56 Å². The first-order valence-corrected chi connectivity index (χ1v) is 4.79. The number of phenolic OH excluding ortho intramolecular Hbond substituents is 1. The molecule has 0 saturated heterocycles. The summed E-state index contributed by atoms with van der Waals surface area (Å²) in [5, 5.41) is 9.14. The number of pyridine rings is 1. The molecule has 5 heteroatoms. The molecule has 0 aliphatic heterocycles. The minimum Gasteiger partial charge on any atom is -0.508 e. The van der Waals surface area contributed by atoms with Crippen LogP contribution in [0, 0.1) is 0 Å². The molecular weight excluding hydrogens is 231 g/mol. The SMILES string of the molecule is Oc1ccc(-c2ccncc2)c(C(F)(F)F)c1. The summed E-state index contributed by atoms with van der Waals surface area (Å²) in [6, 6.07) is 6.16. The molecule has 88 valence electrons. The first-order valence-electron chi connectivity index (χ1n) is 4.79. The van der Waals surface area contributed by atoms with Crippen LogP contribution < -0.4 is 0 Å². The Hall–Kier alpha value is -2.04. The average Bonchev–Trinajstić information content (AvgIpc) is 2.29. The molecule has 0 radical (unpaired) electrons. The molecule has 0 unspecified atom stereocenters. The Morgan fingerprint density at radius 1 is 1.00 bits per heavy atom. The van der Waals surface area contributed by atoms with Gasteiger partial charge in [0.15, 0.2) is 0 Å². The number of aromatic nitrogens is 1. The van der Waals surface area contributed by atoms with E-state index in [0.717, 1.165) is 6.07 Å². The third kappa shape index (κ3) is 2.38. The van der Waals surface area contributed by atoms with Gasteiger partial charge >= 0.3 is 6.18 Å². The van der Waals surface area contributed by atoms with Crippen molar-refractivity contribution in [2.24, 2.45) is 0 Å². The molecule has 2 nitrogen and oxygen atoms in total. The number of aromatic hydroxyl groups is 1. The highest BCUT2D eigenvalue weighted by atomic mass is 19.4. The smallest absolute Gasteiger partial charge is 0.417 e. The van der Waals surface area contributed by atoms with Crippen LogP contribution in [0.5, 0.6) is 5.75 Å². The zero-order valence-corrected chi connectivity index (χ0v) is 8.57. The molecule has 0 fully saturated rings. The van der Waals surface area contributed by atoms with E-state index in [4.69, 9.17) is 5.11 Å². The number of halogens is 3. The second-order valence-corrected chi connectivity index (χ2v) is 3.46. The van der Waals surface area contributed by atoms with Crippen molar-refractivity contribution in [3.8, 4) is 16.9 Å². The van der Waals surface area contributed by atoms with Gasteiger partial charge in [-0.25, -0.2) is 0 Å². The molecule has 0 aliphatic rings. The van der Waals surface area contributed by atoms with Crippen molar-refractivity contribution in [3.63, 3.8) is 0 Å². The fourth-order valence-electron chi connectivity index (χ4n) is 1.55. The Labute approximate surface area is 95.4 Å². The fourth-order valence-corrected chi connectivity index (χ4v) is 1.55.